The molecule has 0 aliphatic heterocycles. The second-order valence-electron chi connectivity index (χ2n) is 7.52. The van der Waals surface area contributed by atoms with Crippen molar-refractivity contribution < 1.29 is 51.8 Å². The summed E-state index contributed by atoms with van der Waals surface area (Å²) in [6, 6.07) is 15.5. The Morgan fingerprint density at radius 2 is 1.69 bits per heavy atom. The molecule has 3 aromatic rings. The molecule has 6 heteroatoms. The molecular formula is C26H31NO4Y-2. The molecule has 3 rings (SSSR count). The SMILES string of the molecule is CC.O=[C-]O.[CH2-]c1ccc(C(=O)C(C)(C)Cc2oc(-c3ccccc3)nc2C)cc1C.[Y]. The van der Waals surface area contributed by atoms with Crippen LogP contribution in [0.25, 0.3) is 11.5 Å². The minimum atomic E-state index is -0.590. The van der Waals surface area contributed by atoms with Crippen LogP contribution in [0.3, 0.4) is 0 Å². The van der Waals surface area contributed by atoms with Gasteiger partial charge in [0, 0.05) is 50.1 Å². The van der Waals surface area contributed by atoms with Crippen LogP contribution in [-0.4, -0.2) is 22.3 Å². The molecule has 0 spiro atoms. The summed E-state index contributed by atoms with van der Waals surface area (Å²) in [6.45, 7) is 16.3. The third-order valence-electron chi connectivity index (χ3n) is 4.74. The number of nitrogens with zero attached hydrogens (tertiary/aromatic N) is 1. The number of carbonyl (C=O) groups excluding carboxylic acids is 1. The van der Waals surface area contributed by atoms with Crippen LogP contribution in [0.4, 0.5) is 0 Å². The fourth-order valence-corrected chi connectivity index (χ4v) is 3.01. The van der Waals surface area contributed by atoms with Gasteiger partial charge in [0.25, 0.3) is 0 Å². The summed E-state index contributed by atoms with van der Waals surface area (Å²) < 4.78 is 5.99. The largest absolute Gasteiger partial charge is 0.665 e. The Labute approximate surface area is 216 Å². The zero-order valence-electron chi connectivity index (χ0n) is 19.7. The van der Waals surface area contributed by atoms with Gasteiger partial charge in [-0.2, -0.15) is 24.1 Å². The van der Waals surface area contributed by atoms with Crippen molar-refractivity contribution in [2.24, 2.45) is 5.41 Å². The third kappa shape index (κ3) is 8.03. The molecule has 1 radical (unpaired) electrons. The van der Waals surface area contributed by atoms with Gasteiger partial charge >= 0.3 is 0 Å². The number of benzene rings is 2. The molecule has 1 N–H and O–H groups in total. The Balaban J connectivity index is 0.00000148. The van der Waals surface area contributed by atoms with Crippen LogP contribution >= 0.6 is 0 Å². The van der Waals surface area contributed by atoms with Crippen molar-refractivity contribution in [3.05, 3.63) is 83.6 Å². The van der Waals surface area contributed by atoms with E-state index in [2.05, 4.69) is 11.9 Å². The van der Waals surface area contributed by atoms with E-state index in [1.807, 2.05) is 90.1 Å². The second kappa shape index (κ2) is 14.0. The second-order valence-corrected chi connectivity index (χ2v) is 7.52. The van der Waals surface area contributed by atoms with Crippen LogP contribution in [0.15, 0.2) is 52.9 Å². The molecule has 169 valence electrons. The molecular weight excluding hydrogens is 479 g/mol. The van der Waals surface area contributed by atoms with Gasteiger partial charge in [-0.1, -0.05) is 59.3 Å². The average Bonchev–Trinajstić information content (AvgIpc) is 3.12. The Bertz CT molecular complexity index is 994. The first-order chi connectivity index (χ1) is 14.7. The first-order valence-corrected chi connectivity index (χ1v) is 10.2. The number of rotatable bonds is 5. The molecule has 0 unspecified atom stereocenters. The van der Waals surface area contributed by atoms with E-state index in [-0.39, 0.29) is 38.5 Å². The fourth-order valence-electron chi connectivity index (χ4n) is 3.01. The van der Waals surface area contributed by atoms with Gasteiger partial charge in [0.15, 0.2) is 5.78 Å². The zero-order valence-corrected chi connectivity index (χ0v) is 22.6. The van der Waals surface area contributed by atoms with E-state index in [9.17, 15) is 4.79 Å². The number of aliphatic hydroxyl groups excluding tert-OH is 1. The summed E-state index contributed by atoms with van der Waals surface area (Å²) in [6.07, 6.45) is 0.503. The molecule has 0 atom stereocenters. The number of hydrogen-bond acceptors (Lipinski definition) is 4. The van der Waals surface area contributed by atoms with Gasteiger partial charge in [-0.15, -0.1) is 12.1 Å². The normalized spacial score (nSPS) is 9.94. The van der Waals surface area contributed by atoms with Crippen LogP contribution in [0, 0.1) is 26.2 Å². The summed E-state index contributed by atoms with van der Waals surface area (Å²) >= 11 is 0. The van der Waals surface area contributed by atoms with Crippen molar-refractivity contribution in [1.29, 1.82) is 0 Å². The molecule has 5 nitrogen and oxygen atoms in total. The van der Waals surface area contributed by atoms with Crippen molar-refractivity contribution >= 4 is 12.3 Å². The van der Waals surface area contributed by atoms with Gasteiger partial charge in [-0.3, -0.25) is 4.79 Å². The van der Waals surface area contributed by atoms with Crippen molar-refractivity contribution in [3.63, 3.8) is 0 Å². The van der Waals surface area contributed by atoms with Crippen molar-refractivity contribution in [2.45, 2.75) is 48.0 Å². The number of carbonyl (C=O) groups is 1. The smallest absolute Gasteiger partial charge is 0.226 e. The number of ketones is 1. The van der Waals surface area contributed by atoms with E-state index >= 15 is 0 Å². The van der Waals surface area contributed by atoms with Crippen LogP contribution in [0.5, 0.6) is 0 Å². The number of aromatic nitrogens is 1. The number of Topliss-reactive ketones (excluding diaryl/α,β-unsaturated/α-hetero) is 1. The van der Waals surface area contributed by atoms with Crippen molar-refractivity contribution in [3.8, 4) is 11.5 Å². The van der Waals surface area contributed by atoms with E-state index in [1.165, 1.54) is 0 Å². The number of hydrogen-bond donors (Lipinski definition) is 1. The van der Waals surface area contributed by atoms with E-state index in [1.54, 1.807) is 0 Å². The molecule has 0 saturated heterocycles. The average molecular weight is 510 g/mol. The summed E-state index contributed by atoms with van der Waals surface area (Å²) in [5.41, 5.74) is 3.85. The third-order valence-corrected chi connectivity index (χ3v) is 4.74. The first kappa shape index (κ1) is 29.8. The molecule has 0 fully saturated rings. The summed E-state index contributed by atoms with van der Waals surface area (Å²) in [7, 11) is 0. The van der Waals surface area contributed by atoms with Gasteiger partial charge < -0.3 is 14.3 Å². The van der Waals surface area contributed by atoms with E-state index < -0.39 is 5.41 Å². The van der Waals surface area contributed by atoms with Crippen molar-refractivity contribution in [1.82, 2.24) is 4.98 Å². The van der Waals surface area contributed by atoms with Gasteiger partial charge in [-0.05, 0) is 24.6 Å². The molecule has 0 aliphatic rings. The standard InChI is InChI=1S/C23H24NO2.C2H6.CHO2.Y/c1-15-11-12-19(13-16(15)2)21(25)23(4,5)14-20-17(3)24-22(26-20)18-9-7-6-8-10-18;1-2;2-1-3;/h6-13H,1,14H2,2-5H3;1-2H3;(H,2,3);/q-1;;-1;. The van der Waals surface area contributed by atoms with E-state index in [4.69, 9.17) is 14.3 Å². The van der Waals surface area contributed by atoms with E-state index in [0.717, 1.165) is 28.1 Å². The minimum Gasteiger partial charge on any atom is -0.665 e. The van der Waals surface area contributed by atoms with Gasteiger partial charge in [-0.25, -0.2) is 4.98 Å². The molecule has 32 heavy (non-hydrogen) atoms. The molecule has 1 aromatic heterocycles. The maximum absolute atomic E-state index is 13.0. The monoisotopic (exact) mass is 510 g/mol. The predicted octanol–water partition coefficient (Wildman–Crippen LogP) is 6.23. The van der Waals surface area contributed by atoms with Crippen LogP contribution in [-0.2, 0) is 43.9 Å². The van der Waals surface area contributed by atoms with Gasteiger partial charge in [0.1, 0.15) is 5.76 Å². The molecule has 2 aromatic carbocycles. The summed E-state index contributed by atoms with van der Waals surface area (Å²) in [4.78, 5) is 25.8. The van der Waals surface area contributed by atoms with Crippen molar-refractivity contribution in [2.75, 3.05) is 0 Å². The Hall–Kier alpha value is -2.24. The molecule has 0 bridgehead atoms. The zero-order chi connectivity index (χ0) is 23.6. The minimum absolute atomic E-state index is 0. The fraction of sp³-hybridized carbons (Fsp3) is 0.308. The molecule has 0 saturated carbocycles. The van der Waals surface area contributed by atoms with Gasteiger partial charge in [0.2, 0.25) is 5.89 Å². The Kier molecular flexibility index (Phi) is 13.0. The molecule has 0 aliphatic carbocycles. The van der Waals surface area contributed by atoms with Crippen LogP contribution in [0.1, 0.15) is 60.6 Å². The number of aryl methyl sites for hydroxylation is 2. The predicted molar refractivity (Wildman–Crippen MR) is 124 cm³/mol. The Morgan fingerprint density at radius 3 is 2.22 bits per heavy atom. The van der Waals surface area contributed by atoms with E-state index in [0.29, 0.717) is 24.3 Å². The number of oxazole rings is 1. The maximum Gasteiger partial charge on any atom is 0.226 e. The van der Waals surface area contributed by atoms with Crippen LogP contribution < -0.4 is 0 Å². The quantitative estimate of drug-likeness (QED) is 0.325. The molecule has 0 amide bonds. The van der Waals surface area contributed by atoms with Gasteiger partial charge in [0.05, 0.1) is 5.69 Å². The first-order valence-electron chi connectivity index (χ1n) is 10.2. The Morgan fingerprint density at radius 1 is 1.12 bits per heavy atom. The summed E-state index contributed by atoms with van der Waals surface area (Å²) in [5.74, 6) is 1.45. The topological polar surface area (TPSA) is 80.4 Å². The molecule has 1 heterocycles. The van der Waals surface area contributed by atoms with Crippen LogP contribution in [0.2, 0.25) is 0 Å². The maximum atomic E-state index is 13.0. The summed E-state index contributed by atoms with van der Waals surface area (Å²) in [5, 5.41) is 6.76.